The van der Waals surface area contributed by atoms with Gasteiger partial charge in [-0.05, 0) is 31.2 Å². The van der Waals surface area contributed by atoms with E-state index in [0.29, 0.717) is 17.3 Å². The molecule has 7 heteroatoms. The number of rotatable bonds is 4. The van der Waals surface area contributed by atoms with Crippen molar-refractivity contribution >= 4 is 27.4 Å². The van der Waals surface area contributed by atoms with Crippen molar-refractivity contribution in [3.8, 4) is 5.75 Å². The summed E-state index contributed by atoms with van der Waals surface area (Å²) in [4.78, 5) is 2.13. The standard InChI is InChI=1S/C17H18ClNO4S/c1-12-3-6-15(7-4-12)24(20,21)22-11-14-10-19(2)16-8-5-13(18)9-17(16)23-14/h3-9,14H,10-11H2,1-2H3. The first-order valence-corrected chi connectivity index (χ1v) is 9.27. The first-order chi connectivity index (χ1) is 11.3. The molecule has 0 bridgehead atoms. The Kier molecular flexibility index (Phi) is 4.71. The van der Waals surface area contributed by atoms with E-state index in [1.807, 2.05) is 24.9 Å². The summed E-state index contributed by atoms with van der Waals surface area (Å²) in [6.07, 6.45) is -0.402. The molecule has 1 atom stereocenters. The third kappa shape index (κ3) is 3.66. The van der Waals surface area contributed by atoms with Gasteiger partial charge in [-0.1, -0.05) is 29.3 Å². The summed E-state index contributed by atoms with van der Waals surface area (Å²) in [7, 11) is -1.89. The number of hydrogen-bond donors (Lipinski definition) is 0. The summed E-state index contributed by atoms with van der Waals surface area (Å²) in [5, 5.41) is 0.566. The smallest absolute Gasteiger partial charge is 0.297 e. The molecule has 0 saturated heterocycles. The van der Waals surface area contributed by atoms with E-state index in [4.69, 9.17) is 20.5 Å². The molecule has 3 rings (SSSR count). The van der Waals surface area contributed by atoms with Gasteiger partial charge in [-0.15, -0.1) is 0 Å². The maximum atomic E-state index is 12.3. The number of nitrogens with zero attached hydrogens (tertiary/aromatic N) is 1. The van der Waals surface area contributed by atoms with Crippen molar-refractivity contribution in [2.45, 2.75) is 17.9 Å². The quantitative estimate of drug-likeness (QED) is 0.776. The van der Waals surface area contributed by atoms with Crippen LogP contribution in [0.25, 0.3) is 0 Å². The van der Waals surface area contributed by atoms with Crippen LogP contribution in [0.3, 0.4) is 0 Å². The van der Waals surface area contributed by atoms with Gasteiger partial charge in [0.05, 0.1) is 17.1 Å². The Morgan fingerprint density at radius 2 is 1.96 bits per heavy atom. The van der Waals surface area contributed by atoms with Crippen LogP contribution >= 0.6 is 11.6 Å². The van der Waals surface area contributed by atoms with E-state index in [-0.39, 0.29) is 11.5 Å². The summed E-state index contributed by atoms with van der Waals surface area (Å²) < 4.78 is 35.5. The van der Waals surface area contributed by atoms with Crippen LogP contribution in [-0.2, 0) is 14.3 Å². The summed E-state index contributed by atoms with van der Waals surface area (Å²) in [6.45, 7) is 2.36. The molecule has 0 spiro atoms. The van der Waals surface area contributed by atoms with Gasteiger partial charge < -0.3 is 9.64 Å². The van der Waals surface area contributed by atoms with Crippen LogP contribution in [-0.4, -0.2) is 34.7 Å². The zero-order valence-corrected chi connectivity index (χ0v) is 15.0. The molecule has 1 aliphatic heterocycles. The number of aryl methyl sites for hydroxylation is 1. The summed E-state index contributed by atoms with van der Waals surface area (Å²) in [6, 6.07) is 11.9. The van der Waals surface area contributed by atoms with Crippen molar-refractivity contribution in [3.05, 3.63) is 53.1 Å². The van der Waals surface area contributed by atoms with Crippen molar-refractivity contribution in [1.82, 2.24) is 0 Å². The zero-order valence-electron chi connectivity index (χ0n) is 13.4. The van der Waals surface area contributed by atoms with Gasteiger partial charge in [-0.3, -0.25) is 4.18 Å². The molecular weight excluding hydrogens is 350 g/mol. The lowest BCUT2D eigenvalue weighted by Crippen LogP contribution is -2.40. The van der Waals surface area contributed by atoms with E-state index < -0.39 is 16.2 Å². The van der Waals surface area contributed by atoms with E-state index in [1.165, 1.54) is 12.1 Å². The third-order valence-corrected chi connectivity index (χ3v) is 5.35. The zero-order chi connectivity index (χ0) is 17.3. The van der Waals surface area contributed by atoms with Crippen molar-refractivity contribution in [3.63, 3.8) is 0 Å². The average molecular weight is 368 g/mol. The monoisotopic (exact) mass is 367 g/mol. The van der Waals surface area contributed by atoms with E-state index in [0.717, 1.165) is 11.3 Å². The van der Waals surface area contributed by atoms with Crippen molar-refractivity contribution < 1.29 is 17.3 Å². The van der Waals surface area contributed by atoms with Crippen LogP contribution in [0.5, 0.6) is 5.75 Å². The fourth-order valence-electron chi connectivity index (χ4n) is 2.54. The Balaban J connectivity index is 1.70. The number of fused-ring (bicyclic) bond motifs is 1. The Bertz CT molecular complexity index is 836. The summed E-state index contributed by atoms with van der Waals surface area (Å²) in [5.74, 6) is 0.623. The number of likely N-dealkylation sites (N-methyl/N-ethyl adjacent to an activating group) is 1. The Hall–Kier alpha value is -1.76. The molecule has 0 amide bonds. The van der Waals surface area contributed by atoms with E-state index in [2.05, 4.69) is 0 Å². The van der Waals surface area contributed by atoms with Gasteiger partial charge in [0.1, 0.15) is 18.5 Å². The number of hydrogen-bond acceptors (Lipinski definition) is 5. The third-order valence-electron chi connectivity index (χ3n) is 3.82. The summed E-state index contributed by atoms with van der Waals surface area (Å²) >= 11 is 5.99. The fraction of sp³-hybridized carbons (Fsp3) is 0.294. The topological polar surface area (TPSA) is 55.8 Å². The molecule has 2 aromatic carbocycles. The second-order valence-corrected chi connectivity index (χ2v) is 7.84. The van der Waals surface area contributed by atoms with Crippen molar-refractivity contribution in [1.29, 1.82) is 0 Å². The van der Waals surface area contributed by atoms with Crippen LogP contribution in [0, 0.1) is 6.92 Å². The van der Waals surface area contributed by atoms with Crippen molar-refractivity contribution in [2.24, 2.45) is 0 Å². The Morgan fingerprint density at radius 3 is 2.67 bits per heavy atom. The molecule has 1 aliphatic rings. The van der Waals surface area contributed by atoms with Crippen LogP contribution in [0.4, 0.5) is 5.69 Å². The predicted octanol–water partition coefficient (Wildman–Crippen LogP) is 3.25. The van der Waals surface area contributed by atoms with Crippen LogP contribution < -0.4 is 9.64 Å². The van der Waals surface area contributed by atoms with Gasteiger partial charge >= 0.3 is 0 Å². The fourth-order valence-corrected chi connectivity index (χ4v) is 3.64. The minimum Gasteiger partial charge on any atom is -0.484 e. The molecular formula is C17H18ClNO4S. The molecule has 128 valence electrons. The lowest BCUT2D eigenvalue weighted by molar-refractivity contribution is 0.129. The van der Waals surface area contributed by atoms with Gasteiger partial charge in [0, 0.05) is 18.1 Å². The van der Waals surface area contributed by atoms with E-state index in [1.54, 1.807) is 24.3 Å². The molecule has 1 heterocycles. The minimum absolute atomic E-state index is 0.0630. The van der Waals surface area contributed by atoms with Crippen LogP contribution in [0.1, 0.15) is 5.56 Å². The average Bonchev–Trinajstić information content (AvgIpc) is 2.53. The van der Waals surface area contributed by atoms with Gasteiger partial charge in [0.15, 0.2) is 0 Å². The number of anilines is 1. The van der Waals surface area contributed by atoms with Gasteiger partial charge in [0.2, 0.25) is 0 Å². The lowest BCUT2D eigenvalue weighted by atomic mass is 10.2. The highest BCUT2D eigenvalue weighted by Crippen LogP contribution is 2.34. The maximum absolute atomic E-state index is 12.3. The Labute approximate surface area is 146 Å². The number of halogens is 1. The second kappa shape index (κ2) is 6.63. The van der Waals surface area contributed by atoms with Crippen LogP contribution in [0.15, 0.2) is 47.4 Å². The van der Waals surface area contributed by atoms with Gasteiger partial charge in [0.25, 0.3) is 10.1 Å². The molecule has 0 N–H and O–H groups in total. The molecule has 1 unspecified atom stereocenters. The van der Waals surface area contributed by atoms with E-state index in [9.17, 15) is 8.42 Å². The highest BCUT2D eigenvalue weighted by atomic mass is 35.5. The van der Waals surface area contributed by atoms with Crippen LogP contribution in [0.2, 0.25) is 5.02 Å². The highest BCUT2D eigenvalue weighted by Gasteiger charge is 2.26. The van der Waals surface area contributed by atoms with Crippen molar-refractivity contribution in [2.75, 3.05) is 25.1 Å². The molecule has 0 radical (unpaired) electrons. The largest absolute Gasteiger partial charge is 0.484 e. The first-order valence-electron chi connectivity index (χ1n) is 7.48. The second-order valence-electron chi connectivity index (χ2n) is 5.78. The normalized spacial score (nSPS) is 17.3. The van der Waals surface area contributed by atoms with Gasteiger partial charge in [-0.25, -0.2) is 0 Å². The first kappa shape index (κ1) is 17.1. The molecule has 2 aromatic rings. The maximum Gasteiger partial charge on any atom is 0.297 e. The Morgan fingerprint density at radius 1 is 1.25 bits per heavy atom. The predicted molar refractivity (Wildman–Crippen MR) is 93.5 cm³/mol. The molecule has 0 fully saturated rings. The highest BCUT2D eigenvalue weighted by molar-refractivity contribution is 7.86. The summed E-state index contributed by atoms with van der Waals surface area (Å²) in [5.41, 5.74) is 1.90. The molecule has 0 aromatic heterocycles. The molecule has 24 heavy (non-hydrogen) atoms. The minimum atomic E-state index is -3.80. The molecule has 0 saturated carbocycles. The molecule has 0 aliphatic carbocycles. The number of ether oxygens (including phenoxy) is 1. The van der Waals surface area contributed by atoms with E-state index >= 15 is 0 Å². The molecule has 5 nitrogen and oxygen atoms in total. The SMILES string of the molecule is Cc1ccc(S(=O)(=O)OCC2CN(C)c3ccc(Cl)cc3O2)cc1. The number of benzene rings is 2. The lowest BCUT2D eigenvalue weighted by Gasteiger charge is -2.33. The van der Waals surface area contributed by atoms with Gasteiger partial charge in [-0.2, -0.15) is 8.42 Å².